The summed E-state index contributed by atoms with van der Waals surface area (Å²) in [6, 6.07) is 58.2. The van der Waals surface area contributed by atoms with Crippen LogP contribution >= 0.6 is 160 Å². The highest BCUT2D eigenvalue weighted by Crippen LogP contribution is 2.79. The number of rotatable bonds is 32. The Bertz CT molecular complexity index is 4910. The first-order valence-electron chi connectivity index (χ1n) is 31.1. The van der Waals surface area contributed by atoms with Crippen molar-refractivity contribution in [3.05, 3.63) is 251 Å². The Hall–Kier alpha value is -4.37. The number of imide groups is 1. The quantitative estimate of drug-likeness (QED) is 0.0166. The van der Waals surface area contributed by atoms with Crippen molar-refractivity contribution < 1.29 is 36.7 Å². The van der Waals surface area contributed by atoms with Crippen LogP contribution in [-0.4, -0.2) is 113 Å². The molecule has 45 heteroatoms. The van der Waals surface area contributed by atoms with Crippen molar-refractivity contribution in [1.82, 2.24) is 28.8 Å². The van der Waals surface area contributed by atoms with Crippen molar-refractivity contribution >= 4 is 273 Å². The van der Waals surface area contributed by atoms with Crippen LogP contribution < -0.4 is 27.1 Å². The van der Waals surface area contributed by atoms with Gasteiger partial charge in [-0.3, -0.25) is 14.5 Å². The molecule has 0 spiro atoms. The van der Waals surface area contributed by atoms with Gasteiger partial charge in [-0.05, 0) is 356 Å². The molecule has 0 saturated heterocycles. The number of amides is 2. The fourth-order valence-corrected chi connectivity index (χ4v) is 20.9. The molecule has 572 valence electrons. The SMILES string of the molecule is CN(/N=C/c1ccc(OP2(Oc3ccc(/C=N/N(C)P(=S)(Cl)Cl)cc3)=NP(Oc3ccc(/C=N/N(C)P(=S)(Cl)Cl)cc3)(Oc3ccc(/C=N/N(C)P(=S)(Cl)Cl)cc3)=NP(Oc3ccc(/C=N/N(C)P(=S)(Cl)Cl)cc3)(Oc3ccc(CCN4C(=O)C(c5ccccc5)=C(c5ccccc5)C4=O)cc3)=N2)cc1)P(=S)(Cl)Cl. The van der Waals surface area contributed by atoms with Crippen molar-refractivity contribution in [3.8, 4) is 34.5 Å². The minimum atomic E-state index is -4.69. The summed E-state index contributed by atoms with van der Waals surface area (Å²) in [7, 11) is -6.21. The summed E-state index contributed by atoms with van der Waals surface area (Å²) in [5.74, 6) is -0.0972. The molecule has 8 aromatic rings. The third-order valence-electron chi connectivity index (χ3n) is 14.8. The van der Waals surface area contributed by atoms with E-state index in [9.17, 15) is 9.59 Å². The van der Waals surface area contributed by atoms with Crippen molar-refractivity contribution in [2.75, 3.05) is 41.8 Å². The highest BCUT2D eigenvalue weighted by molar-refractivity contribution is 8.39. The lowest BCUT2D eigenvalue weighted by Crippen LogP contribution is -2.33. The smallest absolute Gasteiger partial charge is 0.413 e. The second-order valence-corrected chi connectivity index (χ2v) is 67.3. The van der Waals surface area contributed by atoms with Crippen LogP contribution in [0.2, 0.25) is 0 Å². The predicted molar refractivity (Wildman–Crippen MR) is 477 cm³/mol. The number of carbonyl (C=O) groups is 2. The van der Waals surface area contributed by atoms with E-state index in [1.165, 1.54) is 59.9 Å². The second-order valence-electron chi connectivity index (χ2n) is 22.6. The molecule has 0 aliphatic carbocycles. The lowest BCUT2D eigenvalue weighted by molar-refractivity contribution is -0.135. The van der Waals surface area contributed by atoms with E-state index < -0.39 is 59.3 Å². The average Bonchev–Trinajstić information content (AvgIpc) is 1.23. The summed E-state index contributed by atoms with van der Waals surface area (Å²) in [5.41, 5.74) is 5.34. The van der Waals surface area contributed by atoms with Crippen LogP contribution in [0.4, 0.5) is 0 Å². The summed E-state index contributed by atoms with van der Waals surface area (Å²) in [6.45, 7) is 0.0130. The monoisotopic (exact) mass is 1910 g/mol. The maximum absolute atomic E-state index is 14.5. The maximum Gasteiger partial charge on any atom is 0.460 e. The first kappa shape index (κ1) is 87.0. The topological polar surface area (TPSA) is 208 Å². The van der Waals surface area contributed by atoms with E-state index in [0.717, 1.165) is 0 Å². The highest BCUT2D eigenvalue weighted by Gasteiger charge is 2.49. The number of halogens is 10. The van der Waals surface area contributed by atoms with Crippen LogP contribution in [0.15, 0.2) is 245 Å². The van der Waals surface area contributed by atoms with E-state index in [-0.39, 0.29) is 47.5 Å². The first-order chi connectivity index (χ1) is 51.3. The lowest BCUT2D eigenvalue weighted by Gasteiger charge is -2.33. The van der Waals surface area contributed by atoms with Crippen molar-refractivity contribution in [1.29, 1.82) is 0 Å². The van der Waals surface area contributed by atoms with Gasteiger partial charge in [0.1, 0.15) is 34.5 Å². The molecular formula is C64H58Cl10N14O8P8S5. The Kier molecular flexibility index (Phi) is 29.9. The van der Waals surface area contributed by atoms with Gasteiger partial charge in [0.25, 0.3) is 11.8 Å². The summed E-state index contributed by atoms with van der Waals surface area (Å²) in [4.78, 5) is 15.3. The molecule has 2 heterocycles. The molecule has 0 fully saturated rings. The molecule has 1 unspecified atom stereocenters. The number of benzene rings is 8. The van der Waals surface area contributed by atoms with Gasteiger partial charge in [0.2, 0.25) is 24.5 Å². The van der Waals surface area contributed by atoms with Crippen LogP contribution in [0.1, 0.15) is 44.5 Å². The number of nitrogens with zero attached hydrogens (tertiary/aromatic N) is 14. The van der Waals surface area contributed by atoms with Gasteiger partial charge >= 0.3 is 23.0 Å². The van der Waals surface area contributed by atoms with Crippen molar-refractivity contribution in [2.45, 2.75) is 6.42 Å². The molecule has 22 nitrogen and oxygen atoms in total. The zero-order valence-electron chi connectivity index (χ0n) is 56.9. The predicted octanol–water partition coefficient (Wildman–Crippen LogP) is 24.7. The lowest BCUT2D eigenvalue weighted by atomic mass is 9.96. The van der Waals surface area contributed by atoms with Gasteiger partial charge in [0, 0.05) is 41.8 Å². The van der Waals surface area contributed by atoms with E-state index >= 15 is 0 Å². The molecule has 10 rings (SSSR count). The van der Waals surface area contributed by atoms with Gasteiger partial charge in [0.15, 0.2) is 0 Å². The second kappa shape index (κ2) is 37.5. The largest absolute Gasteiger partial charge is 0.460 e. The Morgan fingerprint density at radius 3 is 0.743 bits per heavy atom. The van der Waals surface area contributed by atoms with Crippen LogP contribution in [0.25, 0.3) is 11.1 Å². The molecule has 1 atom stereocenters. The molecular weight excluding hydrogens is 1860 g/mol. The van der Waals surface area contributed by atoms with Gasteiger partial charge in [-0.1, -0.05) is 86.3 Å². The van der Waals surface area contributed by atoms with Gasteiger partial charge in [-0.15, -0.1) is 0 Å². The zero-order valence-corrected chi connectivity index (χ0v) is 75.7. The number of hydrazone groups is 5. The third-order valence-corrected chi connectivity index (χ3v) is 36.9. The third kappa shape index (κ3) is 24.8. The van der Waals surface area contributed by atoms with Gasteiger partial charge < -0.3 is 27.1 Å². The molecule has 8 aromatic carbocycles. The van der Waals surface area contributed by atoms with Crippen LogP contribution in [-0.2, 0) is 75.0 Å². The molecule has 2 aliphatic rings. The average molecular weight is 1910 g/mol. The van der Waals surface area contributed by atoms with Gasteiger partial charge in [-0.25, -0.2) is 23.9 Å². The normalized spacial score (nSPS) is 16.1. The Balaban J connectivity index is 1.19. The Labute approximate surface area is 703 Å². The van der Waals surface area contributed by atoms with Gasteiger partial charge in [0.05, 0.1) is 42.2 Å². The molecule has 0 saturated carbocycles. The van der Waals surface area contributed by atoms with Crippen LogP contribution in [0.5, 0.6) is 34.5 Å². The Morgan fingerprint density at radius 1 is 0.339 bits per heavy atom. The minimum absolute atomic E-state index is 0.0130. The summed E-state index contributed by atoms with van der Waals surface area (Å²) < 4.78 is 66.2. The fraction of sp³-hybridized carbons (Fsp3) is 0.109. The molecule has 0 bridgehead atoms. The molecule has 0 radical (unpaired) electrons. The zero-order chi connectivity index (χ0) is 78.7. The van der Waals surface area contributed by atoms with Crippen LogP contribution in [0, 0.1) is 0 Å². The molecule has 2 amide bonds. The number of hydrogen-bond acceptors (Lipinski definition) is 21. The number of hydrogen-bond donors (Lipinski definition) is 0. The first-order valence-corrected chi connectivity index (χ1v) is 58.5. The molecule has 109 heavy (non-hydrogen) atoms. The van der Waals surface area contributed by atoms with E-state index in [0.29, 0.717) is 55.7 Å². The number of carbonyl (C=O) groups excluding carboxylic acids is 2. The fourth-order valence-electron chi connectivity index (χ4n) is 9.19. The summed E-state index contributed by atoms with van der Waals surface area (Å²) in [5, 5.41) is 21.9. The maximum atomic E-state index is 14.5. The van der Waals surface area contributed by atoms with Crippen molar-refractivity contribution in [3.63, 3.8) is 0 Å². The van der Waals surface area contributed by atoms with E-state index in [1.807, 2.05) is 36.4 Å². The molecule has 2 aliphatic heterocycles. The molecule has 0 N–H and O–H groups in total. The van der Waals surface area contributed by atoms with E-state index in [1.54, 1.807) is 205 Å². The molecule has 0 aromatic heterocycles. The summed E-state index contributed by atoms with van der Waals surface area (Å²) in [6.07, 6.45) is 7.77. The Morgan fingerprint density at radius 2 is 0.541 bits per heavy atom. The van der Waals surface area contributed by atoms with E-state index in [4.69, 9.17) is 212 Å². The van der Waals surface area contributed by atoms with Gasteiger partial charge in [-0.2, -0.15) is 25.5 Å². The summed E-state index contributed by atoms with van der Waals surface area (Å²) >= 11 is 89.5. The standard InChI is InChI=1S/C64H58Cl10N14O8P8S5/c1-83(97(65,66)105)75-42-48-18-30-56(31-19-48)92-102(91-55-28-16-47(17-29-55)40-41-88-63(89)61(53-12-8-6-9-13-53)62(64(88)90)54-14-10-7-11-15-54)80-103(93-57-32-20-49(21-33-57)43-76-84(2)98(67,68)106,94-58-34-22-50(23-35-58)44-77-85(3)99(69,70)107)82-104(81-102,95-59-36-24-51(25-37-59)45-78-86(4)100(71,72)108)96-60-38-26-52(27-39-60)46-79-87(5)101(73,74)109/h6-39,42-46H,40-41H2,1-5H3/b75-42+,76-43+,77-44+,78-45+,79-46+. The van der Waals surface area contributed by atoms with E-state index in [2.05, 4.69) is 25.5 Å². The van der Waals surface area contributed by atoms with Crippen molar-refractivity contribution in [2.24, 2.45) is 39.1 Å². The minimum Gasteiger partial charge on any atom is -0.413 e. The highest BCUT2D eigenvalue weighted by atomic mass is 35.9. The van der Waals surface area contributed by atoms with Crippen LogP contribution in [0.3, 0.4) is 0 Å².